The van der Waals surface area contributed by atoms with Gasteiger partial charge in [0.05, 0.1) is 23.8 Å². The van der Waals surface area contributed by atoms with Crippen LogP contribution < -0.4 is 4.90 Å². The first-order chi connectivity index (χ1) is 17.2. The molecule has 4 rings (SSSR count). The number of hydrogen-bond donors (Lipinski definition) is 1. The van der Waals surface area contributed by atoms with E-state index in [0.29, 0.717) is 16.8 Å². The predicted octanol–water partition coefficient (Wildman–Crippen LogP) is 5.57. The molecular weight excluding hydrogens is 461 g/mol. The molecule has 184 valence electrons. The van der Waals surface area contributed by atoms with Crippen LogP contribution in [0, 0.1) is 18.7 Å². The van der Waals surface area contributed by atoms with Crippen LogP contribution in [-0.4, -0.2) is 29.4 Å². The van der Waals surface area contributed by atoms with E-state index in [9.17, 15) is 23.9 Å². The lowest BCUT2D eigenvalue weighted by Gasteiger charge is -2.26. The van der Waals surface area contributed by atoms with Crippen molar-refractivity contribution in [1.82, 2.24) is 0 Å². The Kier molecular flexibility index (Phi) is 7.01. The number of rotatable bonds is 6. The Morgan fingerprint density at radius 1 is 1.00 bits per heavy atom. The Morgan fingerprint density at radius 2 is 1.64 bits per heavy atom. The molecule has 3 aromatic carbocycles. The summed E-state index contributed by atoms with van der Waals surface area (Å²) < 4.78 is 18.7. The molecule has 7 heteroatoms. The molecule has 0 bridgehead atoms. The fourth-order valence-corrected chi connectivity index (χ4v) is 4.10. The first kappa shape index (κ1) is 24.9. The molecule has 1 aliphatic rings. The number of ether oxygens (including phenoxy) is 1. The van der Waals surface area contributed by atoms with Crippen molar-refractivity contribution in [2.45, 2.75) is 26.8 Å². The Balaban J connectivity index is 1.80. The number of carbonyl (C=O) groups excluding carboxylic acids is 3. The van der Waals surface area contributed by atoms with Crippen molar-refractivity contribution in [3.63, 3.8) is 0 Å². The van der Waals surface area contributed by atoms with Gasteiger partial charge in [0.15, 0.2) is 0 Å². The number of carbonyl (C=O) groups is 3. The monoisotopic (exact) mass is 487 g/mol. The van der Waals surface area contributed by atoms with Gasteiger partial charge >= 0.3 is 5.97 Å². The molecular formula is C29H26FNO5. The van der Waals surface area contributed by atoms with Crippen LogP contribution in [0.4, 0.5) is 10.1 Å². The van der Waals surface area contributed by atoms with Crippen LogP contribution in [0.25, 0.3) is 5.76 Å². The molecule has 0 spiro atoms. The van der Waals surface area contributed by atoms with E-state index in [-0.39, 0.29) is 23.7 Å². The normalized spacial score (nSPS) is 17.0. The third-order valence-electron chi connectivity index (χ3n) is 5.85. The molecule has 1 N–H and O–H groups in total. The molecule has 1 heterocycles. The highest BCUT2D eigenvalue weighted by Crippen LogP contribution is 2.42. The number of esters is 1. The zero-order chi connectivity index (χ0) is 26.0. The standard InChI is InChI=1S/C29H26FNO5/c1-17(2)16-36-29(35)20-9-13-23(14-10-20)31-25(21-6-4-5-18(3)15-21)24(27(33)28(31)34)26(32)19-7-11-22(30)12-8-19/h4-15,17,25,32H,16H2,1-3H3/b26-24+. The summed E-state index contributed by atoms with van der Waals surface area (Å²) >= 11 is 0. The van der Waals surface area contributed by atoms with E-state index in [1.165, 1.54) is 41.3 Å². The zero-order valence-electron chi connectivity index (χ0n) is 20.2. The predicted molar refractivity (Wildman–Crippen MR) is 134 cm³/mol. The van der Waals surface area contributed by atoms with Crippen LogP contribution in [0.15, 0.2) is 78.4 Å². The molecule has 1 aliphatic heterocycles. The smallest absolute Gasteiger partial charge is 0.338 e. The number of Topliss-reactive ketones (excluding diaryl/α,β-unsaturated/α-hetero) is 1. The quantitative estimate of drug-likeness (QED) is 0.213. The first-order valence-corrected chi connectivity index (χ1v) is 11.6. The molecule has 1 fully saturated rings. The number of benzene rings is 3. The van der Waals surface area contributed by atoms with Crippen molar-refractivity contribution in [1.29, 1.82) is 0 Å². The van der Waals surface area contributed by atoms with E-state index in [1.807, 2.05) is 32.9 Å². The van der Waals surface area contributed by atoms with Gasteiger partial charge in [0.1, 0.15) is 11.6 Å². The number of aliphatic hydroxyl groups is 1. The second kappa shape index (κ2) is 10.2. The summed E-state index contributed by atoms with van der Waals surface area (Å²) in [7, 11) is 0. The summed E-state index contributed by atoms with van der Waals surface area (Å²) in [6.07, 6.45) is 0. The Bertz CT molecular complexity index is 1340. The summed E-state index contributed by atoms with van der Waals surface area (Å²) in [5, 5.41) is 11.1. The highest BCUT2D eigenvalue weighted by atomic mass is 19.1. The van der Waals surface area contributed by atoms with Crippen molar-refractivity contribution in [2.24, 2.45) is 5.92 Å². The Morgan fingerprint density at radius 3 is 2.25 bits per heavy atom. The molecule has 1 saturated heterocycles. The molecule has 0 aliphatic carbocycles. The SMILES string of the molecule is Cc1cccc(C2/C(=C(\O)c3ccc(F)cc3)C(=O)C(=O)N2c2ccc(C(=O)OCC(C)C)cc2)c1. The lowest BCUT2D eigenvalue weighted by Crippen LogP contribution is -2.29. The van der Waals surface area contributed by atoms with Crippen molar-refractivity contribution in [3.05, 3.63) is 106 Å². The number of amides is 1. The van der Waals surface area contributed by atoms with E-state index >= 15 is 0 Å². The maximum atomic E-state index is 13.5. The number of nitrogens with zero attached hydrogens (tertiary/aromatic N) is 1. The molecule has 1 atom stereocenters. The average Bonchev–Trinajstić information content (AvgIpc) is 3.13. The molecule has 36 heavy (non-hydrogen) atoms. The minimum Gasteiger partial charge on any atom is -0.507 e. The number of aryl methyl sites for hydroxylation is 1. The van der Waals surface area contributed by atoms with Crippen LogP contribution in [-0.2, 0) is 14.3 Å². The van der Waals surface area contributed by atoms with E-state index in [2.05, 4.69) is 0 Å². The van der Waals surface area contributed by atoms with E-state index in [0.717, 1.165) is 5.56 Å². The summed E-state index contributed by atoms with van der Waals surface area (Å²) in [5.41, 5.74) is 2.34. The van der Waals surface area contributed by atoms with Gasteiger partial charge in [0.25, 0.3) is 11.7 Å². The second-order valence-electron chi connectivity index (χ2n) is 9.13. The lowest BCUT2D eigenvalue weighted by molar-refractivity contribution is -0.132. The number of aliphatic hydroxyl groups excluding tert-OH is 1. The fourth-order valence-electron chi connectivity index (χ4n) is 4.10. The van der Waals surface area contributed by atoms with Crippen LogP contribution in [0.2, 0.25) is 0 Å². The summed E-state index contributed by atoms with van der Waals surface area (Å²) in [4.78, 5) is 40.1. The fraction of sp³-hybridized carbons (Fsp3) is 0.207. The Labute approximate surface area is 208 Å². The third-order valence-corrected chi connectivity index (χ3v) is 5.85. The second-order valence-corrected chi connectivity index (χ2v) is 9.13. The van der Waals surface area contributed by atoms with Gasteiger partial charge in [-0.15, -0.1) is 0 Å². The highest BCUT2D eigenvalue weighted by molar-refractivity contribution is 6.51. The van der Waals surface area contributed by atoms with Crippen LogP contribution in [0.1, 0.15) is 46.9 Å². The van der Waals surface area contributed by atoms with Gasteiger partial charge in [-0.05, 0) is 66.9 Å². The average molecular weight is 488 g/mol. The third kappa shape index (κ3) is 4.91. The summed E-state index contributed by atoms with van der Waals surface area (Å²) in [6, 6.07) is 17.6. The van der Waals surface area contributed by atoms with E-state index in [4.69, 9.17) is 4.74 Å². The largest absolute Gasteiger partial charge is 0.507 e. The van der Waals surface area contributed by atoms with Gasteiger partial charge in [-0.25, -0.2) is 9.18 Å². The van der Waals surface area contributed by atoms with E-state index in [1.54, 1.807) is 24.3 Å². The maximum absolute atomic E-state index is 13.5. The van der Waals surface area contributed by atoms with Crippen molar-refractivity contribution < 1.29 is 28.6 Å². The summed E-state index contributed by atoms with van der Waals surface area (Å²) in [6.45, 7) is 6.04. The van der Waals surface area contributed by atoms with Crippen LogP contribution >= 0.6 is 0 Å². The molecule has 1 unspecified atom stereocenters. The number of halogens is 1. The number of hydrogen-bond acceptors (Lipinski definition) is 5. The highest BCUT2D eigenvalue weighted by Gasteiger charge is 2.47. The summed E-state index contributed by atoms with van der Waals surface area (Å²) in [5.74, 6) is -2.85. The molecule has 0 saturated carbocycles. The number of anilines is 1. The van der Waals surface area contributed by atoms with Crippen molar-refractivity contribution in [3.8, 4) is 0 Å². The van der Waals surface area contributed by atoms with Gasteiger partial charge in [-0.3, -0.25) is 14.5 Å². The van der Waals surface area contributed by atoms with Crippen molar-refractivity contribution >= 4 is 29.1 Å². The van der Waals surface area contributed by atoms with Gasteiger partial charge in [-0.2, -0.15) is 0 Å². The van der Waals surface area contributed by atoms with Gasteiger partial charge < -0.3 is 9.84 Å². The topological polar surface area (TPSA) is 83.9 Å². The minimum atomic E-state index is -0.923. The molecule has 0 aromatic heterocycles. The van der Waals surface area contributed by atoms with Crippen LogP contribution in [0.5, 0.6) is 0 Å². The van der Waals surface area contributed by atoms with E-state index < -0.39 is 35.3 Å². The maximum Gasteiger partial charge on any atom is 0.338 e. The molecule has 0 radical (unpaired) electrons. The van der Waals surface area contributed by atoms with Crippen molar-refractivity contribution in [2.75, 3.05) is 11.5 Å². The Hall–Kier alpha value is -4.26. The van der Waals surface area contributed by atoms with Crippen LogP contribution in [0.3, 0.4) is 0 Å². The van der Waals surface area contributed by atoms with Gasteiger partial charge in [0.2, 0.25) is 0 Å². The zero-order valence-corrected chi connectivity index (χ0v) is 20.2. The number of ketones is 1. The molecule has 6 nitrogen and oxygen atoms in total. The molecule has 1 amide bonds. The van der Waals surface area contributed by atoms with Gasteiger partial charge in [0, 0.05) is 11.3 Å². The lowest BCUT2D eigenvalue weighted by atomic mass is 9.94. The van der Waals surface area contributed by atoms with Gasteiger partial charge in [-0.1, -0.05) is 43.7 Å². The first-order valence-electron chi connectivity index (χ1n) is 11.6. The minimum absolute atomic E-state index is 0.0994. The molecule has 3 aromatic rings.